The zero-order valence-electron chi connectivity index (χ0n) is 10.2. The second-order valence-electron chi connectivity index (χ2n) is 4.97. The van der Waals surface area contributed by atoms with Crippen LogP contribution in [0.3, 0.4) is 0 Å². The van der Waals surface area contributed by atoms with Gasteiger partial charge in [0.1, 0.15) is 0 Å². The van der Waals surface area contributed by atoms with E-state index in [1.165, 1.54) is 5.56 Å². The molecule has 1 amide bonds. The number of piperidine rings is 1. The van der Waals surface area contributed by atoms with Crippen LogP contribution >= 0.6 is 0 Å². The van der Waals surface area contributed by atoms with E-state index in [9.17, 15) is 4.79 Å². The zero-order chi connectivity index (χ0) is 12.4. The summed E-state index contributed by atoms with van der Waals surface area (Å²) in [5.74, 6) is 0.205. The van der Waals surface area contributed by atoms with Crippen molar-refractivity contribution in [1.29, 1.82) is 0 Å². The fourth-order valence-electron chi connectivity index (χ4n) is 2.74. The van der Waals surface area contributed by atoms with Crippen LogP contribution in [0.2, 0.25) is 0 Å². The Balaban J connectivity index is 1.65. The van der Waals surface area contributed by atoms with Gasteiger partial charge in [-0.15, -0.1) is 0 Å². The summed E-state index contributed by atoms with van der Waals surface area (Å²) in [5, 5.41) is 2.70. The third-order valence-electron chi connectivity index (χ3n) is 3.72. The van der Waals surface area contributed by atoms with E-state index in [0.717, 1.165) is 26.1 Å². The van der Waals surface area contributed by atoms with Gasteiger partial charge in [0.25, 0.3) is 0 Å². The van der Waals surface area contributed by atoms with Gasteiger partial charge in [-0.05, 0) is 18.5 Å². The second-order valence-corrected chi connectivity index (χ2v) is 4.97. The fourth-order valence-corrected chi connectivity index (χ4v) is 2.74. The Hall–Kier alpha value is -1.68. The van der Waals surface area contributed by atoms with Gasteiger partial charge in [0.15, 0.2) is 0 Å². The highest BCUT2D eigenvalue weighted by molar-refractivity contribution is 5.91. The molecule has 0 saturated carbocycles. The molecule has 0 bridgehead atoms. The number of hydrogen-bond acceptors (Lipinski definition) is 3. The number of aliphatic imine (C=N–C) groups is 1. The van der Waals surface area contributed by atoms with Gasteiger partial charge in [-0.3, -0.25) is 14.7 Å². The molecule has 1 aromatic rings. The Labute approximate surface area is 107 Å². The van der Waals surface area contributed by atoms with Crippen molar-refractivity contribution in [2.45, 2.75) is 19.0 Å². The first-order valence-electron chi connectivity index (χ1n) is 6.41. The lowest BCUT2D eigenvalue weighted by Crippen LogP contribution is -2.51. The predicted octanol–water partition coefficient (Wildman–Crippen LogP) is 1.04. The molecule has 18 heavy (non-hydrogen) atoms. The lowest BCUT2D eigenvalue weighted by atomic mass is 9.90. The van der Waals surface area contributed by atoms with Gasteiger partial charge in [-0.1, -0.05) is 30.3 Å². The highest BCUT2D eigenvalue weighted by Gasteiger charge is 2.35. The first kappa shape index (κ1) is 11.4. The van der Waals surface area contributed by atoms with Gasteiger partial charge in [-0.25, -0.2) is 0 Å². The van der Waals surface area contributed by atoms with Crippen LogP contribution in [-0.4, -0.2) is 36.3 Å². The van der Waals surface area contributed by atoms with Gasteiger partial charge in [0.2, 0.25) is 5.91 Å². The highest BCUT2D eigenvalue weighted by Crippen LogP contribution is 2.23. The summed E-state index contributed by atoms with van der Waals surface area (Å²) in [7, 11) is 0. The average molecular weight is 243 g/mol. The Morgan fingerprint density at radius 2 is 2.17 bits per heavy atom. The van der Waals surface area contributed by atoms with Crippen molar-refractivity contribution in [1.82, 2.24) is 10.2 Å². The van der Waals surface area contributed by atoms with E-state index >= 15 is 0 Å². The van der Waals surface area contributed by atoms with Crippen molar-refractivity contribution in [3.63, 3.8) is 0 Å². The molecule has 2 aliphatic heterocycles. The molecule has 1 saturated heterocycles. The van der Waals surface area contributed by atoms with E-state index in [1.54, 1.807) is 6.34 Å². The summed E-state index contributed by atoms with van der Waals surface area (Å²) in [5.41, 5.74) is 1.32. The normalized spacial score (nSPS) is 27.7. The molecule has 2 aliphatic rings. The molecule has 0 aliphatic carbocycles. The van der Waals surface area contributed by atoms with Crippen LogP contribution in [0.5, 0.6) is 0 Å². The third kappa shape index (κ3) is 2.29. The van der Waals surface area contributed by atoms with Gasteiger partial charge in [-0.2, -0.15) is 0 Å². The quantitative estimate of drug-likeness (QED) is 0.843. The van der Waals surface area contributed by atoms with Gasteiger partial charge in [0, 0.05) is 13.1 Å². The number of nitrogens with zero attached hydrogens (tertiary/aromatic N) is 2. The van der Waals surface area contributed by atoms with Crippen molar-refractivity contribution in [3.05, 3.63) is 35.9 Å². The molecule has 1 N–H and O–H groups in total. The lowest BCUT2D eigenvalue weighted by molar-refractivity contribution is -0.126. The van der Waals surface area contributed by atoms with E-state index in [4.69, 9.17) is 0 Å². The number of rotatable bonds is 2. The molecule has 0 radical (unpaired) electrons. The molecule has 1 fully saturated rings. The number of carbonyl (C=O) groups excluding carboxylic acids is 1. The molecule has 3 rings (SSSR count). The minimum Gasteiger partial charge on any atom is -0.317 e. The summed E-state index contributed by atoms with van der Waals surface area (Å²) in [6.07, 6.45) is 2.45. The van der Waals surface area contributed by atoms with Crippen molar-refractivity contribution < 1.29 is 4.79 Å². The van der Waals surface area contributed by atoms with Crippen LogP contribution in [0.4, 0.5) is 0 Å². The standard InChI is InChI=1S/C14H17N3O/c18-14-12-6-7-17(9-13(12)15-10-16-14)8-11-4-2-1-3-5-11/h1-5,10,12-13H,6-9H2,(H,15,16,18)/t12-,13+/m0/s1. The van der Waals surface area contributed by atoms with E-state index in [2.05, 4.69) is 39.5 Å². The predicted molar refractivity (Wildman–Crippen MR) is 70.2 cm³/mol. The first-order valence-corrected chi connectivity index (χ1v) is 6.41. The lowest BCUT2D eigenvalue weighted by Gasteiger charge is -2.37. The van der Waals surface area contributed by atoms with Crippen LogP contribution in [-0.2, 0) is 11.3 Å². The summed E-state index contributed by atoms with van der Waals surface area (Å²) in [6.45, 7) is 2.80. The van der Waals surface area contributed by atoms with Crippen molar-refractivity contribution in [2.24, 2.45) is 10.9 Å². The van der Waals surface area contributed by atoms with E-state index in [0.29, 0.717) is 0 Å². The Kier molecular flexibility index (Phi) is 3.11. The molecule has 2 heterocycles. The van der Waals surface area contributed by atoms with E-state index < -0.39 is 0 Å². The summed E-state index contributed by atoms with van der Waals surface area (Å²) < 4.78 is 0. The van der Waals surface area contributed by atoms with Gasteiger partial charge in [0.05, 0.1) is 18.3 Å². The van der Waals surface area contributed by atoms with Gasteiger partial charge < -0.3 is 5.32 Å². The Morgan fingerprint density at radius 3 is 3.00 bits per heavy atom. The van der Waals surface area contributed by atoms with Crippen LogP contribution < -0.4 is 5.32 Å². The molecule has 0 aromatic heterocycles. The summed E-state index contributed by atoms with van der Waals surface area (Å²) >= 11 is 0. The number of likely N-dealkylation sites (tertiary alicyclic amines) is 1. The summed E-state index contributed by atoms with van der Waals surface area (Å²) in [6, 6.07) is 10.6. The maximum absolute atomic E-state index is 11.7. The smallest absolute Gasteiger partial charge is 0.230 e. The van der Waals surface area contributed by atoms with E-state index in [1.807, 2.05) is 6.07 Å². The van der Waals surface area contributed by atoms with Gasteiger partial charge >= 0.3 is 0 Å². The van der Waals surface area contributed by atoms with Crippen LogP contribution in [0.15, 0.2) is 35.3 Å². The molecule has 4 heteroatoms. The van der Waals surface area contributed by atoms with Crippen LogP contribution in [0.25, 0.3) is 0 Å². The molecule has 4 nitrogen and oxygen atoms in total. The topological polar surface area (TPSA) is 44.7 Å². The zero-order valence-corrected chi connectivity index (χ0v) is 10.2. The van der Waals surface area contributed by atoms with Crippen LogP contribution in [0.1, 0.15) is 12.0 Å². The van der Waals surface area contributed by atoms with E-state index in [-0.39, 0.29) is 17.9 Å². The molecule has 2 atom stereocenters. The molecule has 0 spiro atoms. The maximum atomic E-state index is 11.7. The SMILES string of the molecule is O=C1NC=N[C@@H]2CN(Cc3ccccc3)CC[C@H]12. The third-order valence-corrected chi connectivity index (χ3v) is 3.72. The number of amides is 1. The molecular formula is C14H17N3O. The minimum absolute atomic E-state index is 0.0713. The molecule has 94 valence electrons. The average Bonchev–Trinajstić information content (AvgIpc) is 2.40. The number of carbonyl (C=O) groups is 1. The number of fused-ring (bicyclic) bond motifs is 1. The molecular weight excluding hydrogens is 226 g/mol. The maximum Gasteiger partial charge on any atom is 0.230 e. The molecule has 1 aromatic carbocycles. The number of hydrogen-bond donors (Lipinski definition) is 1. The minimum atomic E-state index is 0.0713. The Morgan fingerprint density at radius 1 is 1.33 bits per heavy atom. The highest BCUT2D eigenvalue weighted by atomic mass is 16.2. The Bertz CT molecular complexity index is 457. The second kappa shape index (κ2) is 4.90. The van der Waals surface area contributed by atoms with Crippen molar-refractivity contribution in [2.75, 3.05) is 13.1 Å². The monoisotopic (exact) mass is 243 g/mol. The number of nitrogens with one attached hydrogen (secondary N) is 1. The molecule has 0 unspecified atom stereocenters. The van der Waals surface area contributed by atoms with Crippen LogP contribution in [0, 0.1) is 5.92 Å². The fraction of sp³-hybridized carbons (Fsp3) is 0.429. The summed E-state index contributed by atoms with van der Waals surface area (Å²) in [4.78, 5) is 18.4. The largest absolute Gasteiger partial charge is 0.317 e. The van der Waals surface area contributed by atoms with Crippen molar-refractivity contribution >= 4 is 12.2 Å². The number of benzene rings is 1. The van der Waals surface area contributed by atoms with Crippen molar-refractivity contribution in [3.8, 4) is 0 Å². The first-order chi connectivity index (χ1) is 8.83.